The van der Waals surface area contributed by atoms with E-state index in [4.69, 9.17) is 4.74 Å². The first kappa shape index (κ1) is 15.7. The largest absolute Gasteiger partial charge is 0.489 e. The van der Waals surface area contributed by atoms with Crippen molar-refractivity contribution < 1.29 is 9.53 Å². The molecule has 0 unspecified atom stereocenters. The Morgan fingerprint density at radius 2 is 1.67 bits per heavy atom. The monoisotopic (exact) mass is 318 g/mol. The van der Waals surface area contributed by atoms with Gasteiger partial charge in [0.2, 0.25) is 0 Å². The second-order valence-corrected chi connectivity index (χ2v) is 5.30. The highest BCUT2D eigenvalue weighted by Gasteiger charge is 2.06. The van der Waals surface area contributed by atoms with Gasteiger partial charge >= 0.3 is 0 Å². The molecule has 24 heavy (non-hydrogen) atoms. The van der Waals surface area contributed by atoms with Crippen LogP contribution in [0.5, 0.6) is 5.75 Å². The topological polar surface area (TPSA) is 51.2 Å². The highest BCUT2D eigenvalue weighted by molar-refractivity contribution is 5.94. The third-order valence-corrected chi connectivity index (χ3v) is 3.52. The fourth-order valence-corrected chi connectivity index (χ4v) is 2.22. The van der Waals surface area contributed by atoms with Crippen LogP contribution in [-0.2, 0) is 13.2 Å². The van der Waals surface area contributed by atoms with Gasteiger partial charge in [0.05, 0.1) is 12.2 Å². The van der Waals surface area contributed by atoms with E-state index in [0.717, 1.165) is 17.0 Å². The van der Waals surface area contributed by atoms with Crippen LogP contribution in [0.25, 0.3) is 0 Å². The molecule has 0 fully saturated rings. The van der Waals surface area contributed by atoms with Crippen molar-refractivity contribution in [1.82, 2.24) is 10.3 Å². The molecule has 3 aromatic rings. The van der Waals surface area contributed by atoms with Gasteiger partial charge in [-0.1, -0.05) is 36.4 Å². The molecule has 0 saturated carbocycles. The molecule has 1 heterocycles. The Balaban J connectivity index is 1.53. The lowest BCUT2D eigenvalue weighted by Crippen LogP contribution is -2.23. The van der Waals surface area contributed by atoms with E-state index in [1.165, 1.54) is 0 Å². The number of hydrogen-bond acceptors (Lipinski definition) is 3. The molecule has 1 aromatic heterocycles. The molecule has 1 N–H and O–H groups in total. The Bertz CT molecular complexity index is 772. The molecular weight excluding hydrogens is 300 g/mol. The van der Waals surface area contributed by atoms with Crippen LogP contribution in [0.4, 0.5) is 0 Å². The molecule has 3 rings (SSSR count). The Kier molecular flexibility index (Phi) is 5.20. The van der Waals surface area contributed by atoms with E-state index in [-0.39, 0.29) is 5.91 Å². The number of benzene rings is 2. The first-order valence-electron chi connectivity index (χ1n) is 7.76. The number of amides is 1. The molecule has 0 saturated heterocycles. The van der Waals surface area contributed by atoms with Crippen molar-refractivity contribution in [2.24, 2.45) is 0 Å². The van der Waals surface area contributed by atoms with Crippen molar-refractivity contribution in [3.8, 4) is 5.75 Å². The lowest BCUT2D eigenvalue weighted by molar-refractivity contribution is 0.0950. The van der Waals surface area contributed by atoms with Crippen LogP contribution in [0.15, 0.2) is 79.0 Å². The minimum atomic E-state index is -0.129. The van der Waals surface area contributed by atoms with Crippen molar-refractivity contribution in [2.75, 3.05) is 0 Å². The highest BCUT2D eigenvalue weighted by Crippen LogP contribution is 2.14. The maximum Gasteiger partial charge on any atom is 0.251 e. The molecule has 120 valence electrons. The van der Waals surface area contributed by atoms with Gasteiger partial charge in [0.25, 0.3) is 5.91 Å². The Hall–Kier alpha value is -3.14. The summed E-state index contributed by atoms with van der Waals surface area (Å²) in [4.78, 5) is 16.3. The summed E-state index contributed by atoms with van der Waals surface area (Å²) in [7, 11) is 0. The second kappa shape index (κ2) is 7.92. The molecule has 0 aliphatic carbocycles. The smallest absolute Gasteiger partial charge is 0.251 e. The van der Waals surface area contributed by atoms with Crippen molar-refractivity contribution in [3.05, 3.63) is 95.8 Å². The van der Waals surface area contributed by atoms with Crippen LogP contribution in [0.1, 0.15) is 21.6 Å². The zero-order chi connectivity index (χ0) is 16.6. The van der Waals surface area contributed by atoms with Gasteiger partial charge in [-0.15, -0.1) is 0 Å². The standard InChI is InChI=1S/C20H18N2O2/c23-20(22-14-18-8-4-5-13-21-18)17-9-11-19(12-10-17)24-15-16-6-2-1-3-7-16/h1-13H,14-15H2,(H,22,23). The summed E-state index contributed by atoms with van der Waals surface area (Å²) in [6.07, 6.45) is 1.71. The molecule has 2 aromatic carbocycles. The van der Waals surface area contributed by atoms with Crippen LogP contribution in [0.3, 0.4) is 0 Å². The van der Waals surface area contributed by atoms with Gasteiger partial charge in [0.15, 0.2) is 0 Å². The van der Waals surface area contributed by atoms with Gasteiger partial charge in [0, 0.05) is 11.8 Å². The van der Waals surface area contributed by atoms with Gasteiger partial charge in [-0.05, 0) is 42.0 Å². The summed E-state index contributed by atoms with van der Waals surface area (Å²) in [5.74, 6) is 0.607. The fourth-order valence-electron chi connectivity index (χ4n) is 2.22. The number of aromatic nitrogens is 1. The van der Waals surface area contributed by atoms with Crippen molar-refractivity contribution in [1.29, 1.82) is 0 Å². The van der Waals surface area contributed by atoms with Crippen LogP contribution >= 0.6 is 0 Å². The van der Waals surface area contributed by atoms with E-state index < -0.39 is 0 Å². The predicted molar refractivity (Wildman–Crippen MR) is 92.6 cm³/mol. The van der Waals surface area contributed by atoms with Gasteiger partial charge in [0.1, 0.15) is 12.4 Å². The van der Waals surface area contributed by atoms with Crippen molar-refractivity contribution in [2.45, 2.75) is 13.2 Å². The summed E-state index contributed by atoms with van der Waals surface area (Å²) >= 11 is 0. The highest BCUT2D eigenvalue weighted by atomic mass is 16.5. The quantitative estimate of drug-likeness (QED) is 0.755. The Morgan fingerprint density at radius 1 is 0.917 bits per heavy atom. The minimum absolute atomic E-state index is 0.129. The summed E-state index contributed by atoms with van der Waals surface area (Å²) in [5, 5.41) is 2.85. The van der Waals surface area contributed by atoms with Gasteiger partial charge < -0.3 is 10.1 Å². The maximum atomic E-state index is 12.1. The van der Waals surface area contributed by atoms with Crippen LogP contribution < -0.4 is 10.1 Å². The number of nitrogens with zero attached hydrogens (tertiary/aromatic N) is 1. The second-order valence-electron chi connectivity index (χ2n) is 5.30. The molecule has 0 spiro atoms. The van der Waals surface area contributed by atoms with Crippen molar-refractivity contribution >= 4 is 5.91 Å². The fraction of sp³-hybridized carbons (Fsp3) is 0.100. The van der Waals surface area contributed by atoms with Crippen LogP contribution in [0, 0.1) is 0 Å². The predicted octanol–water partition coefficient (Wildman–Crippen LogP) is 3.59. The number of nitrogens with one attached hydrogen (secondary N) is 1. The van der Waals surface area contributed by atoms with E-state index in [1.807, 2.05) is 48.5 Å². The number of pyridine rings is 1. The van der Waals surface area contributed by atoms with E-state index in [1.54, 1.807) is 30.5 Å². The molecule has 1 amide bonds. The molecule has 0 aliphatic heterocycles. The van der Waals surface area contributed by atoms with E-state index in [2.05, 4.69) is 10.3 Å². The Labute approximate surface area is 141 Å². The minimum Gasteiger partial charge on any atom is -0.489 e. The summed E-state index contributed by atoms with van der Waals surface area (Å²) < 4.78 is 5.71. The average Bonchev–Trinajstić information content (AvgIpc) is 2.66. The molecule has 4 nitrogen and oxygen atoms in total. The first-order chi connectivity index (χ1) is 11.8. The summed E-state index contributed by atoms with van der Waals surface area (Å²) in [6.45, 7) is 0.915. The maximum absolute atomic E-state index is 12.1. The van der Waals surface area contributed by atoms with Gasteiger partial charge in [-0.25, -0.2) is 0 Å². The van der Waals surface area contributed by atoms with E-state index in [0.29, 0.717) is 18.7 Å². The normalized spacial score (nSPS) is 10.2. The first-order valence-corrected chi connectivity index (χ1v) is 7.76. The number of carbonyl (C=O) groups is 1. The third kappa shape index (κ3) is 4.43. The lowest BCUT2D eigenvalue weighted by Gasteiger charge is -2.08. The van der Waals surface area contributed by atoms with Gasteiger partial charge in [-0.2, -0.15) is 0 Å². The SMILES string of the molecule is O=C(NCc1ccccn1)c1ccc(OCc2ccccc2)cc1. The summed E-state index contributed by atoms with van der Waals surface area (Å²) in [5.41, 5.74) is 2.53. The van der Waals surface area contributed by atoms with E-state index in [9.17, 15) is 4.79 Å². The molecular formula is C20H18N2O2. The zero-order valence-electron chi connectivity index (χ0n) is 13.2. The molecule has 0 radical (unpaired) electrons. The van der Waals surface area contributed by atoms with E-state index >= 15 is 0 Å². The summed E-state index contributed by atoms with van der Waals surface area (Å²) in [6, 6.07) is 22.7. The molecule has 0 bridgehead atoms. The number of ether oxygens (including phenoxy) is 1. The Morgan fingerprint density at radius 3 is 2.38 bits per heavy atom. The van der Waals surface area contributed by atoms with Gasteiger partial charge in [-0.3, -0.25) is 9.78 Å². The lowest BCUT2D eigenvalue weighted by atomic mass is 10.2. The average molecular weight is 318 g/mol. The zero-order valence-corrected chi connectivity index (χ0v) is 13.2. The number of carbonyl (C=O) groups excluding carboxylic acids is 1. The van der Waals surface area contributed by atoms with Crippen LogP contribution in [-0.4, -0.2) is 10.9 Å². The molecule has 0 aliphatic rings. The molecule has 0 atom stereocenters. The molecule has 4 heteroatoms. The van der Waals surface area contributed by atoms with Crippen LogP contribution in [0.2, 0.25) is 0 Å². The van der Waals surface area contributed by atoms with Crippen molar-refractivity contribution in [3.63, 3.8) is 0 Å². The number of rotatable bonds is 6. The third-order valence-electron chi connectivity index (χ3n) is 3.52. The number of hydrogen-bond donors (Lipinski definition) is 1.